The van der Waals surface area contributed by atoms with Crippen LogP contribution in [0.3, 0.4) is 0 Å². The van der Waals surface area contributed by atoms with E-state index in [9.17, 15) is 0 Å². The quantitative estimate of drug-likeness (QED) is 0.783. The van der Waals surface area contributed by atoms with Gasteiger partial charge in [-0.25, -0.2) is 0 Å². The fourth-order valence-corrected chi connectivity index (χ4v) is 1.84. The lowest BCUT2D eigenvalue weighted by molar-refractivity contribution is 0.0794. The van der Waals surface area contributed by atoms with Crippen LogP contribution in [0.25, 0.3) is 0 Å². The highest BCUT2D eigenvalue weighted by atomic mass is 16.6. The summed E-state index contributed by atoms with van der Waals surface area (Å²) in [5.41, 5.74) is 0. The second-order valence-corrected chi connectivity index (χ2v) is 3.98. The van der Waals surface area contributed by atoms with E-state index in [0.29, 0.717) is 6.61 Å². The van der Waals surface area contributed by atoms with Crippen molar-refractivity contribution in [2.24, 2.45) is 0 Å². The summed E-state index contributed by atoms with van der Waals surface area (Å²) in [5, 5.41) is 0. The van der Waals surface area contributed by atoms with Gasteiger partial charge < -0.3 is 14.2 Å². The van der Waals surface area contributed by atoms with Gasteiger partial charge in [0.25, 0.3) is 0 Å². The first kappa shape index (κ1) is 11.1. The number of hydrogen-bond acceptors (Lipinski definition) is 3. The summed E-state index contributed by atoms with van der Waals surface area (Å²) in [4.78, 5) is 0. The Hall–Kier alpha value is -1.38. The number of unbranched alkanes of at least 4 members (excludes halogenated alkanes) is 1. The standard InChI is InChI=1S/C13H18O3/c1-3-4-6-10-9-15-12-8-5-7-11(14-2)13(12)16-10/h5,7-8,10H,3-4,6,9H2,1-2H3. The molecule has 3 heteroatoms. The molecular formula is C13H18O3. The van der Waals surface area contributed by atoms with Crippen LogP contribution >= 0.6 is 0 Å². The maximum absolute atomic E-state index is 5.91. The molecule has 0 saturated heterocycles. The summed E-state index contributed by atoms with van der Waals surface area (Å²) < 4.78 is 16.8. The van der Waals surface area contributed by atoms with E-state index in [4.69, 9.17) is 14.2 Å². The third-order valence-corrected chi connectivity index (χ3v) is 2.75. The highest BCUT2D eigenvalue weighted by Crippen LogP contribution is 2.40. The molecule has 0 aromatic heterocycles. The van der Waals surface area contributed by atoms with E-state index in [1.165, 1.54) is 12.8 Å². The van der Waals surface area contributed by atoms with Gasteiger partial charge in [0.2, 0.25) is 5.75 Å². The lowest BCUT2D eigenvalue weighted by atomic mass is 10.1. The third-order valence-electron chi connectivity index (χ3n) is 2.75. The van der Waals surface area contributed by atoms with Crippen molar-refractivity contribution in [1.82, 2.24) is 0 Å². The molecule has 0 spiro atoms. The van der Waals surface area contributed by atoms with E-state index in [2.05, 4.69) is 6.92 Å². The molecule has 16 heavy (non-hydrogen) atoms. The fraction of sp³-hybridized carbons (Fsp3) is 0.538. The van der Waals surface area contributed by atoms with Crippen LogP contribution in [0.2, 0.25) is 0 Å². The summed E-state index contributed by atoms with van der Waals surface area (Å²) in [6, 6.07) is 5.71. The molecule has 3 nitrogen and oxygen atoms in total. The minimum Gasteiger partial charge on any atom is -0.493 e. The van der Waals surface area contributed by atoms with Crippen molar-refractivity contribution in [2.75, 3.05) is 13.7 Å². The molecule has 2 rings (SSSR count). The maximum Gasteiger partial charge on any atom is 0.203 e. The van der Waals surface area contributed by atoms with Crippen LogP contribution in [-0.4, -0.2) is 19.8 Å². The van der Waals surface area contributed by atoms with E-state index in [-0.39, 0.29) is 6.10 Å². The molecule has 1 aliphatic heterocycles. The molecular weight excluding hydrogens is 204 g/mol. The highest BCUT2D eigenvalue weighted by molar-refractivity contribution is 5.51. The number of rotatable bonds is 4. The Morgan fingerprint density at radius 2 is 2.31 bits per heavy atom. The molecule has 0 N–H and O–H groups in total. The molecule has 0 aliphatic carbocycles. The third kappa shape index (κ3) is 2.23. The maximum atomic E-state index is 5.91. The van der Waals surface area contributed by atoms with Gasteiger partial charge >= 0.3 is 0 Å². The number of benzene rings is 1. The van der Waals surface area contributed by atoms with Crippen molar-refractivity contribution in [3.05, 3.63) is 18.2 Å². The Kier molecular flexibility index (Phi) is 3.54. The number of methoxy groups -OCH3 is 1. The molecule has 0 radical (unpaired) electrons. The van der Waals surface area contributed by atoms with Crippen LogP contribution in [0.15, 0.2) is 18.2 Å². The Balaban J connectivity index is 2.11. The average Bonchev–Trinajstić information content (AvgIpc) is 2.35. The Morgan fingerprint density at radius 3 is 3.06 bits per heavy atom. The molecule has 1 unspecified atom stereocenters. The van der Waals surface area contributed by atoms with Gasteiger partial charge in [-0.15, -0.1) is 0 Å². The molecule has 1 aliphatic rings. The SMILES string of the molecule is CCCCC1COc2cccc(OC)c2O1. The van der Waals surface area contributed by atoms with E-state index in [0.717, 1.165) is 23.7 Å². The van der Waals surface area contributed by atoms with E-state index >= 15 is 0 Å². The summed E-state index contributed by atoms with van der Waals surface area (Å²) in [5.74, 6) is 2.28. The number of fused-ring (bicyclic) bond motifs is 1. The highest BCUT2D eigenvalue weighted by Gasteiger charge is 2.23. The number of para-hydroxylation sites is 1. The van der Waals surface area contributed by atoms with Gasteiger partial charge in [-0.2, -0.15) is 0 Å². The predicted octanol–water partition coefficient (Wildman–Crippen LogP) is 3.03. The molecule has 0 bridgehead atoms. The average molecular weight is 222 g/mol. The second-order valence-electron chi connectivity index (χ2n) is 3.98. The minimum absolute atomic E-state index is 0.156. The lowest BCUT2D eigenvalue weighted by Crippen LogP contribution is -2.29. The summed E-state index contributed by atoms with van der Waals surface area (Å²) >= 11 is 0. The smallest absolute Gasteiger partial charge is 0.203 e. The molecule has 0 saturated carbocycles. The van der Waals surface area contributed by atoms with Crippen molar-refractivity contribution in [3.63, 3.8) is 0 Å². The lowest BCUT2D eigenvalue weighted by Gasteiger charge is -2.27. The first-order valence-corrected chi connectivity index (χ1v) is 5.81. The molecule has 88 valence electrons. The number of hydrogen-bond donors (Lipinski definition) is 0. The Labute approximate surface area is 96.3 Å². The molecule has 1 aromatic rings. The Morgan fingerprint density at radius 1 is 1.44 bits per heavy atom. The normalized spacial score (nSPS) is 18.2. The van der Waals surface area contributed by atoms with Crippen molar-refractivity contribution < 1.29 is 14.2 Å². The zero-order chi connectivity index (χ0) is 11.4. The van der Waals surface area contributed by atoms with Gasteiger partial charge in [0.15, 0.2) is 11.5 Å². The zero-order valence-electron chi connectivity index (χ0n) is 9.86. The number of ether oxygens (including phenoxy) is 3. The van der Waals surface area contributed by atoms with Gasteiger partial charge in [-0.3, -0.25) is 0 Å². The zero-order valence-corrected chi connectivity index (χ0v) is 9.86. The minimum atomic E-state index is 0.156. The molecule has 1 heterocycles. The van der Waals surface area contributed by atoms with Crippen molar-refractivity contribution in [3.8, 4) is 17.2 Å². The van der Waals surface area contributed by atoms with E-state index < -0.39 is 0 Å². The van der Waals surface area contributed by atoms with Gasteiger partial charge in [-0.1, -0.05) is 19.4 Å². The van der Waals surface area contributed by atoms with Crippen LogP contribution in [0.4, 0.5) is 0 Å². The summed E-state index contributed by atoms with van der Waals surface area (Å²) in [6.07, 6.45) is 3.54. The van der Waals surface area contributed by atoms with Crippen molar-refractivity contribution >= 4 is 0 Å². The van der Waals surface area contributed by atoms with Crippen molar-refractivity contribution in [2.45, 2.75) is 32.3 Å². The molecule has 1 aromatic carbocycles. The predicted molar refractivity (Wildman–Crippen MR) is 62.4 cm³/mol. The van der Waals surface area contributed by atoms with Crippen LogP contribution in [-0.2, 0) is 0 Å². The molecule has 0 amide bonds. The molecule has 0 fully saturated rings. The van der Waals surface area contributed by atoms with Crippen LogP contribution in [0.1, 0.15) is 26.2 Å². The first-order valence-electron chi connectivity index (χ1n) is 5.81. The van der Waals surface area contributed by atoms with Gasteiger partial charge in [0, 0.05) is 0 Å². The van der Waals surface area contributed by atoms with E-state index in [1.807, 2.05) is 18.2 Å². The van der Waals surface area contributed by atoms with Gasteiger partial charge in [-0.05, 0) is 25.0 Å². The fourth-order valence-electron chi connectivity index (χ4n) is 1.84. The molecule has 1 atom stereocenters. The Bertz CT molecular complexity index is 335. The van der Waals surface area contributed by atoms with Crippen LogP contribution in [0.5, 0.6) is 17.2 Å². The van der Waals surface area contributed by atoms with Crippen molar-refractivity contribution in [1.29, 1.82) is 0 Å². The van der Waals surface area contributed by atoms with Gasteiger partial charge in [0.1, 0.15) is 12.7 Å². The van der Waals surface area contributed by atoms with Crippen LogP contribution < -0.4 is 14.2 Å². The first-order chi connectivity index (χ1) is 7.85. The van der Waals surface area contributed by atoms with E-state index in [1.54, 1.807) is 7.11 Å². The largest absolute Gasteiger partial charge is 0.493 e. The topological polar surface area (TPSA) is 27.7 Å². The summed E-state index contributed by atoms with van der Waals surface area (Å²) in [6.45, 7) is 2.82. The van der Waals surface area contributed by atoms with Crippen LogP contribution in [0, 0.1) is 0 Å². The second kappa shape index (κ2) is 5.10. The van der Waals surface area contributed by atoms with Gasteiger partial charge in [0.05, 0.1) is 7.11 Å². The monoisotopic (exact) mass is 222 g/mol. The summed E-state index contributed by atoms with van der Waals surface area (Å²) in [7, 11) is 1.65.